The van der Waals surface area contributed by atoms with E-state index in [4.69, 9.17) is 4.84 Å². The first-order valence-corrected chi connectivity index (χ1v) is 6.37. The molecular weight excluding hydrogens is 236 g/mol. The van der Waals surface area contributed by atoms with Crippen molar-refractivity contribution >= 4 is 11.8 Å². The van der Waals surface area contributed by atoms with Crippen LogP contribution in [-0.4, -0.2) is 59.2 Å². The molecule has 0 saturated carbocycles. The molecule has 0 aromatic rings. The summed E-state index contributed by atoms with van der Waals surface area (Å²) in [6.07, 6.45) is -0.362. The zero-order valence-electron chi connectivity index (χ0n) is 10.8. The number of rotatable bonds is 3. The van der Waals surface area contributed by atoms with Crippen LogP contribution in [0, 0.1) is 11.8 Å². The van der Waals surface area contributed by atoms with E-state index in [9.17, 15) is 14.7 Å². The standard InChI is InChI=1S/C12H20N2O4/c1-8(2)4-13-5-9(3-11(13)16)12(17)14-6-10(15)7-18-14/h8-10,15H,3-7H2,1-2H3/t9?,10-/m1/s1. The minimum Gasteiger partial charge on any atom is -0.389 e. The molecule has 0 aromatic carbocycles. The minimum atomic E-state index is -0.613. The number of hydrogen-bond donors (Lipinski definition) is 1. The minimum absolute atomic E-state index is 0.0294. The van der Waals surface area contributed by atoms with Crippen molar-refractivity contribution in [3.8, 4) is 0 Å². The number of nitrogens with zero attached hydrogens (tertiary/aromatic N) is 2. The first-order chi connectivity index (χ1) is 8.47. The number of aliphatic hydroxyl groups is 1. The van der Waals surface area contributed by atoms with Gasteiger partial charge in [-0.05, 0) is 5.92 Å². The number of likely N-dealkylation sites (tertiary alicyclic amines) is 1. The van der Waals surface area contributed by atoms with E-state index in [0.717, 1.165) is 0 Å². The van der Waals surface area contributed by atoms with E-state index in [1.165, 1.54) is 5.06 Å². The molecule has 1 unspecified atom stereocenters. The quantitative estimate of drug-likeness (QED) is 0.747. The Morgan fingerprint density at radius 1 is 1.50 bits per heavy atom. The fourth-order valence-electron chi connectivity index (χ4n) is 2.38. The van der Waals surface area contributed by atoms with Crippen molar-refractivity contribution in [3.05, 3.63) is 0 Å². The summed E-state index contributed by atoms with van der Waals surface area (Å²) in [5.74, 6) is -0.0952. The van der Waals surface area contributed by atoms with E-state index < -0.39 is 6.10 Å². The van der Waals surface area contributed by atoms with E-state index in [2.05, 4.69) is 0 Å². The maximum atomic E-state index is 12.1. The van der Waals surface area contributed by atoms with Gasteiger partial charge in [-0.15, -0.1) is 0 Å². The molecule has 0 aromatic heterocycles. The van der Waals surface area contributed by atoms with Crippen LogP contribution in [0.4, 0.5) is 0 Å². The molecule has 2 heterocycles. The molecule has 2 fully saturated rings. The van der Waals surface area contributed by atoms with Gasteiger partial charge in [0.05, 0.1) is 18.6 Å². The van der Waals surface area contributed by atoms with Crippen LogP contribution >= 0.6 is 0 Å². The molecule has 2 aliphatic heterocycles. The Bertz CT molecular complexity index is 345. The summed E-state index contributed by atoms with van der Waals surface area (Å²) in [5, 5.41) is 10.5. The van der Waals surface area contributed by atoms with Crippen LogP contribution < -0.4 is 0 Å². The van der Waals surface area contributed by atoms with Crippen LogP contribution in [0.2, 0.25) is 0 Å². The summed E-state index contributed by atoms with van der Waals surface area (Å²) in [6.45, 7) is 5.60. The molecule has 2 aliphatic rings. The molecule has 0 bridgehead atoms. The molecule has 2 rings (SSSR count). The van der Waals surface area contributed by atoms with Crippen LogP contribution in [0.5, 0.6) is 0 Å². The smallest absolute Gasteiger partial charge is 0.251 e. The van der Waals surface area contributed by atoms with Gasteiger partial charge in [-0.25, -0.2) is 5.06 Å². The van der Waals surface area contributed by atoms with Gasteiger partial charge in [0.1, 0.15) is 6.61 Å². The molecule has 0 spiro atoms. The zero-order valence-corrected chi connectivity index (χ0v) is 10.8. The third kappa shape index (κ3) is 2.81. The van der Waals surface area contributed by atoms with E-state index in [1.54, 1.807) is 4.90 Å². The Balaban J connectivity index is 1.91. The third-order valence-electron chi connectivity index (χ3n) is 3.19. The van der Waals surface area contributed by atoms with Gasteiger partial charge < -0.3 is 10.0 Å². The predicted octanol–water partition coefficient (Wildman–Crippen LogP) is -0.374. The molecule has 1 N–H and O–H groups in total. The van der Waals surface area contributed by atoms with Gasteiger partial charge in [-0.1, -0.05) is 13.8 Å². The van der Waals surface area contributed by atoms with Crippen molar-refractivity contribution < 1.29 is 19.5 Å². The first-order valence-electron chi connectivity index (χ1n) is 6.37. The van der Waals surface area contributed by atoms with Crippen LogP contribution in [0.25, 0.3) is 0 Å². The molecule has 2 saturated heterocycles. The number of amides is 2. The lowest BCUT2D eigenvalue weighted by atomic mass is 10.1. The van der Waals surface area contributed by atoms with Gasteiger partial charge >= 0.3 is 0 Å². The number of carbonyl (C=O) groups is 2. The molecular formula is C12H20N2O4. The molecule has 6 nitrogen and oxygen atoms in total. The van der Waals surface area contributed by atoms with E-state index in [-0.39, 0.29) is 37.3 Å². The van der Waals surface area contributed by atoms with Gasteiger partial charge in [0, 0.05) is 19.5 Å². The number of β-amino-alcohol motifs (C(OH)–C–C–N with tert-alkyl or cyclic N) is 1. The molecule has 18 heavy (non-hydrogen) atoms. The monoisotopic (exact) mass is 256 g/mol. The van der Waals surface area contributed by atoms with Gasteiger partial charge in [-0.2, -0.15) is 0 Å². The van der Waals surface area contributed by atoms with Crippen molar-refractivity contribution in [1.29, 1.82) is 0 Å². The Morgan fingerprint density at radius 3 is 2.78 bits per heavy atom. The fraction of sp³-hybridized carbons (Fsp3) is 0.833. The Labute approximate surface area is 106 Å². The molecule has 2 amide bonds. The summed E-state index contributed by atoms with van der Waals surface area (Å²) in [5.41, 5.74) is 0. The predicted molar refractivity (Wildman–Crippen MR) is 63.2 cm³/mol. The normalized spacial score (nSPS) is 28.6. The molecule has 0 aliphatic carbocycles. The van der Waals surface area contributed by atoms with Crippen LogP contribution in [0.15, 0.2) is 0 Å². The Kier molecular flexibility index (Phi) is 3.87. The van der Waals surface area contributed by atoms with Crippen molar-refractivity contribution in [3.63, 3.8) is 0 Å². The summed E-state index contributed by atoms with van der Waals surface area (Å²) < 4.78 is 0. The number of aliphatic hydroxyl groups excluding tert-OH is 1. The van der Waals surface area contributed by atoms with E-state index in [0.29, 0.717) is 19.0 Å². The number of carbonyl (C=O) groups excluding carboxylic acids is 2. The van der Waals surface area contributed by atoms with Gasteiger partial charge in [0.25, 0.3) is 5.91 Å². The molecule has 102 valence electrons. The molecule has 2 atom stereocenters. The van der Waals surface area contributed by atoms with E-state index in [1.807, 2.05) is 13.8 Å². The highest BCUT2D eigenvalue weighted by Gasteiger charge is 2.39. The lowest BCUT2D eigenvalue weighted by Gasteiger charge is -2.20. The van der Waals surface area contributed by atoms with Crippen LogP contribution in [-0.2, 0) is 14.4 Å². The average molecular weight is 256 g/mol. The maximum absolute atomic E-state index is 12.1. The Hall–Kier alpha value is -1.14. The van der Waals surface area contributed by atoms with Gasteiger partial charge in [-0.3, -0.25) is 14.4 Å². The highest BCUT2D eigenvalue weighted by molar-refractivity contribution is 5.88. The van der Waals surface area contributed by atoms with Crippen molar-refractivity contribution in [2.24, 2.45) is 11.8 Å². The van der Waals surface area contributed by atoms with Gasteiger partial charge in [0.15, 0.2) is 0 Å². The summed E-state index contributed by atoms with van der Waals surface area (Å²) in [4.78, 5) is 30.7. The highest BCUT2D eigenvalue weighted by atomic mass is 16.7. The van der Waals surface area contributed by atoms with Crippen molar-refractivity contribution in [2.75, 3.05) is 26.2 Å². The van der Waals surface area contributed by atoms with Crippen molar-refractivity contribution in [2.45, 2.75) is 26.4 Å². The molecule has 6 heteroatoms. The van der Waals surface area contributed by atoms with Crippen molar-refractivity contribution in [1.82, 2.24) is 9.96 Å². The SMILES string of the molecule is CC(C)CN1CC(C(=O)N2C[C@@H](O)CO2)CC1=O. The van der Waals surface area contributed by atoms with E-state index >= 15 is 0 Å². The zero-order chi connectivity index (χ0) is 13.3. The Morgan fingerprint density at radius 2 is 2.22 bits per heavy atom. The maximum Gasteiger partial charge on any atom is 0.251 e. The summed E-state index contributed by atoms with van der Waals surface area (Å²) in [7, 11) is 0. The fourth-order valence-corrected chi connectivity index (χ4v) is 2.38. The summed E-state index contributed by atoms with van der Waals surface area (Å²) in [6, 6.07) is 0. The largest absolute Gasteiger partial charge is 0.389 e. The molecule has 0 radical (unpaired) electrons. The second-order valence-corrected chi connectivity index (χ2v) is 5.44. The second-order valence-electron chi connectivity index (χ2n) is 5.44. The highest BCUT2D eigenvalue weighted by Crippen LogP contribution is 2.22. The second kappa shape index (κ2) is 5.24. The summed E-state index contributed by atoms with van der Waals surface area (Å²) >= 11 is 0. The van der Waals surface area contributed by atoms with Gasteiger partial charge in [0.2, 0.25) is 5.91 Å². The topological polar surface area (TPSA) is 70.1 Å². The van der Waals surface area contributed by atoms with Crippen LogP contribution in [0.1, 0.15) is 20.3 Å². The number of hydroxylamine groups is 2. The van der Waals surface area contributed by atoms with Crippen LogP contribution in [0.3, 0.4) is 0 Å². The first kappa shape index (κ1) is 13.3. The third-order valence-corrected chi connectivity index (χ3v) is 3.19. The average Bonchev–Trinajstić information content (AvgIpc) is 2.85. The lowest BCUT2D eigenvalue weighted by Crippen LogP contribution is -2.36. The number of hydrogen-bond acceptors (Lipinski definition) is 4. The lowest BCUT2D eigenvalue weighted by molar-refractivity contribution is -0.173.